The summed E-state index contributed by atoms with van der Waals surface area (Å²) >= 11 is 0. The van der Waals surface area contributed by atoms with Crippen LogP contribution in [0.25, 0.3) is 0 Å². The zero-order valence-electron chi connectivity index (χ0n) is 12.3. The molecule has 0 aliphatic carbocycles. The van der Waals surface area contributed by atoms with E-state index in [9.17, 15) is 0 Å². The zero-order valence-corrected chi connectivity index (χ0v) is 12.3. The summed E-state index contributed by atoms with van der Waals surface area (Å²) in [4.78, 5) is 8.95. The normalized spacial score (nSPS) is 10.8. The molecule has 0 saturated heterocycles. The minimum absolute atomic E-state index is 0.314. The Hall–Kier alpha value is -1.94. The molecule has 1 aromatic heterocycles. The Morgan fingerprint density at radius 3 is 2.60 bits per heavy atom. The quantitative estimate of drug-likeness (QED) is 0.877. The molecule has 1 aromatic carbocycles. The van der Waals surface area contributed by atoms with Crippen molar-refractivity contribution < 1.29 is 4.74 Å². The van der Waals surface area contributed by atoms with Crippen LogP contribution in [0.4, 0.5) is 0 Å². The fraction of sp³-hybridized carbons (Fsp3) is 0.375. The highest BCUT2D eigenvalue weighted by molar-refractivity contribution is 5.26. The van der Waals surface area contributed by atoms with Crippen LogP contribution >= 0.6 is 0 Å². The molecule has 1 heterocycles. The summed E-state index contributed by atoms with van der Waals surface area (Å²) < 4.78 is 5.85. The van der Waals surface area contributed by atoms with Crippen LogP contribution in [0.15, 0.2) is 36.5 Å². The van der Waals surface area contributed by atoms with Crippen molar-refractivity contribution in [3.63, 3.8) is 0 Å². The van der Waals surface area contributed by atoms with Gasteiger partial charge in [0.2, 0.25) is 0 Å². The van der Waals surface area contributed by atoms with E-state index in [2.05, 4.69) is 29.1 Å². The second kappa shape index (κ2) is 7.01. The summed E-state index contributed by atoms with van der Waals surface area (Å²) in [7, 11) is 1.90. The van der Waals surface area contributed by atoms with Crippen LogP contribution in [0.5, 0.6) is 5.75 Å². The molecule has 0 aliphatic rings. The minimum Gasteiger partial charge on any atom is -0.485 e. The third kappa shape index (κ3) is 3.78. The fourth-order valence-electron chi connectivity index (χ4n) is 1.85. The van der Waals surface area contributed by atoms with Crippen molar-refractivity contribution in [1.29, 1.82) is 0 Å². The molecule has 20 heavy (non-hydrogen) atoms. The molecule has 1 N–H and O–H groups in total. The first-order valence-corrected chi connectivity index (χ1v) is 6.88. The number of hydrogen-bond acceptors (Lipinski definition) is 4. The molecule has 2 aromatic rings. The van der Waals surface area contributed by atoms with E-state index >= 15 is 0 Å². The Morgan fingerprint density at radius 1 is 1.20 bits per heavy atom. The van der Waals surface area contributed by atoms with Crippen LogP contribution in [-0.2, 0) is 13.2 Å². The molecule has 0 bridgehead atoms. The summed E-state index contributed by atoms with van der Waals surface area (Å²) in [6.45, 7) is 5.38. The third-order valence-electron chi connectivity index (χ3n) is 2.95. The van der Waals surface area contributed by atoms with Crippen LogP contribution in [0, 0.1) is 0 Å². The van der Waals surface area contributed by atoms with Gasteiger partial charge in [0, 0.05) is 12.5 Å². The highest BCUT2D eigenvalue weighted by atomic mass is 16.5. The molecule has 4 heteroatoms. The van der Waals surface area contributed by atoms with Crippen molar-refractivity contribution in [3.8, 4) is 5.75 Å². The molecule has 0 radical (unpaired) electrons. The van der Waals surface area contributed by atoms with E-state index in [4.69, 9.17) is 4.74 Å². The van der Waals surface area contributed by atoms with Crippen molar-refractivity contribution >= 4 is 0 Å². The maximum Gasteiger partial charge on any atom is 0.160 e. The molecule has 0 aliphatic heterocycles. The van der Waals surface area contributed by atoms with Gasteiger partial charge < -0.3 is 10.1 Å². The Morgan fingerprint density at radius 2 is 1.95 bits per heavy atom. The molecule has 2 rings (SSSR count). The summed E-state index contributed by atoms with van der Waals surface area (Å²) in [5.74, 6) is 1.91. The van der Waals surface area contributed by atoms with E-state index in [0.717, 1.165) is 22.8 Å². The van der Waals surface area contributed by atoms with Gasteiger partial charge in [-0.15, -0.1) is 0 Å². The van der Waals surface area contributed by atoms with E-state index < -0.39 is 0 Å². The van der Waals surface area contributed by atoms with E-state index in [1.54, 1.807) is 6.20 Å². The monoisotopic (exact) mass is 271 g/mol. The van der Waals surface area contributed by atoms with Gasteiger partial charge >= 0.3 is 0 Å². The summed E-state index contributed by atoms with van der Waals surface area (Å²) in [5.41, 5.74) is 2.04. The maximum atomic E-state index is 5.85. The highest BCUT2D eigenvalue weighted by Gasteiger charge is 2.10. The Balaban J connectivity index is 2.13. The molecular formula is C16H21N3O. The number of aromatic nitrogens is 2. The van der Waals surface area contributed by atoms with Crippen LogP contribution in [0.1, 0.15) is 36.8 Å². The van der Waals surface area contributed by atoms with Crippen LogP contribution in [-0.4, -0.2) is 17.0 Å². The van der Waals surface area contributed by atoms with Gasteiger partial charge in [0.1, 0.15) is 12.4 Å². The minimum atomic E-state index is 0.314. The standard InChI is InChI=1S/C16H21N3O/c1-12(2)16-18-10-15(14(19-16)9-17-3)20-11-13-7-5-4-6-8-13/h4-8,10,12,17H,9,11H2,1-3H3. The molecule has 4 nitrogen and oxygen atoms in total. The van der Waals surface area contributed by atoms with Gasteiger partial charge in [0.25, 0.3) is 0 Å². The average molecular weight is 271 g/mol. The van der Waals surface area contributed by atoms with E-state index in [0.29, 0.717) is 19.1 Å². The third-order valence-corrected chi connectivity index (χ3v) is 2.95. The van der Waals surface area contributed by atoms with E-state index in [-0.39, 0.29) is 0 Å². The second-order valence-electron chi connectivity index (χ2n) is 5.00. The van der Waals surface area contributed by atoms with Gasteiger partial charge in [-0.1, -0.05) is 44.2 Å². The predicted octanol–water partition coefficient (Wildman–Crippen LogP) is 2.90. The lowest BCUT2D eigenvalue weighted by Gasteiger charge is -2.12. The van der Waals surface area contributed by atoms with Gasteiger partial charge in [0.15, 0.2) is 5.75 Å². The summed E-state index contributed by atoms with van der Waals surface area (Å²) in [6.07, 6.45) is 1.78. The number of ether oxygens (including phenoxy) is 1. The van der Waals surface area contributed by atoms with Crippen molar-refractivity contribution in [2.24, 2.45) is 0 Å². The van der Waals surface area contributed by atoms with Crippen LogP contribution < -0.4 is 10.1 Å². The van der Waals surface area contributed by atoms with Crippen molar-refractivity contribution in [3.05, 3.63) is 53.6 Å². The highest BCUT2D eigenvalue weighted by Crippen LogP contribution is 2.19. The van der Waals surface area contributed by atoms with Gasteiger partial charge in [-0.2, -0.15) is 0 Å². The van der Waals surface area contributed by atoms with E-state index in [1.807, 2.05) is 37.4 Å². The molecular weight excluding hydrogens is 250 g/mol. The molecule has 0 saturated carbocycles. The maximum absolute atomic E-state index is 5.85. The summed E-state index contributed by atoms with van der Waals surface area (Å²) in [6, 6.07) is 10.1. The number of rotatable bonds is 6. The zero-order chi connectivity index (χ0) is 14.4. The fourth-order valence-corrected chi connectivity index (χ4v) is 1.85. The van der Waals surface area contributed by atoms with Gasteiger partial charge in [-0.05, 0) is 12.6 Å². The molecule has 0 fully saturated rings. The molecule has 0 atom stereocenters. The Bertz CT molecular complexity index is 541. The number of nitrogens with zero attached hydrogens (tertiary/aromatic N) is 2. The SMILES string of the molecule is CNCc1nc(C(C)C)ncc1OCc1ccccc1. The Labute approximate surface area is 120 Å². The van der Waals surface area contributed by atoms with Gasteiger partial charge in [-0.25, -0.2) is 9.97 Å². The molecule has 0 amide bonds. The lowest BCUT2D eigenvalue weighted by atomic mass is 10.2. The lowest BCUT2D eigenvalue weighted by molar-refractivity contribution is 0.298. The lowest BCUT2D eigenvalue weighted by Crippen LogP contribution is -2.12. The first-order valence-electron chi connectivity index (χ1n) is 6.88. The van der Waals surface area contributed by atoms with Crippen molar-refractivity contribution in [2.75, 3.05) is 7.05 Å². The molecule has 0 unspecified atom stereocenters. The predicted molar refractivity (Wildman–Crippen MR) is 79.7 cm³/mol. The number of hydrogen-bond donors (Lipinski definition) is 1. The van der Waals surface area contributed by atoms with Gasteiger partial charge in [-0.3, -0.25) is 0 Å². The van der Waals surface area contributed by atoms with E-state index in [1.165, 1.54) is 0 Å². The molecule has 106 valence electrons. The number of benzene rings is 1. The smallest absolute Gasteiger partial charge is 0.160 e. The first-order chi connectivity index (χ1) is 9.70. The Kier molecular flexibility index (Phi) is 5.07. The van der Waals surface area contributed by atoms with Crippen molar-refractivity contribution in [2.45, 2.75) is 32.9 Å². The number of nitrogens with one attached hydrogen (secondary N) is 1. The largest absolute Gasteiger partial charge is 0.485 e. The van der Waals surface area contributed by atoms with Crippen LogP contribution in [0.2, 0.25) is 0 Å². The molecule has 0 spiro atoms. The van der Waals surface area contributed by atoms with Crippen molar-refractivity contribution in [1.82, 2.24) is 15.3 Å². The summed E-state index contributed by atoms with van der Waals surface area (Å²) in [5, 5.41) is 3.12. The first kappa shape index (κ1) is 14.5. The average Bonchev–Trinajstić information content (AvgIpc) is 2.47. The topological polar surface area (TPSA) is 47.0 Å². The van der Waals surface area contributed by atoms with Crippen LogP contribution in [0.3, 0.4) is 0 Å². The second-order valence-corrected chi connectivity index (χ2v) is 5.00. The van der Waals surface area contributed by atoms with Gasteiger partial charge in [0.05, 0.1) is 11.9 Å².